The summed E-state index contributed by atoms with van der Waals surface area (Å²) in [5, 5.41) is 14.6. The van der Waals surface area contributed by atoms with Crippen molar-refractivity contribution in [3.05, 3.63) is 0 Å². The number of nitrogens with one attached hydrogen (secondary N) is 1. The maximum absolute atomic E-state index is 11.7. The molecule has 1 saturated heterocycles. The monoisotopic (exact) mass is 305 g/mol. The van der Waals surface area contributed by atoms with Crippen LogP contribution in [0.1, 0.15) is 19.3 Å². The first-order chi connectivity index (χ1) is 8.95. The molecule has 0 aliphatic carbocycles. The minimum absolute atomic E-state index is 0.144. The molecule has 2 rings (SSSR count). The summed E-state index contributed by atoms with van der Waals surface area (Å²) in [4.78, 5) is 13.8. The Bertz CT molecular complexity index is 550. The van der Waals surface area contributed by atoms with Gasteiger partial charge in [-0.1, -0.05) is 17.8 Å². The van der Waals surface area contributed by atoms with Gasteiger partial charge in [-0.3, -0.25) is 15.0 Å². The van der Waals surface area contributed by atoms with Gasteiger partial charge in [-0.15, -0.1) is 10.2 Å². The van der Waals surface area contributed by atoms with Crippen molar-refractivity contribution in [1.29, 1.82) is 0 Å². The molecule has 2 heterocycles. The van der Waals surface area contributed by atoms with Crippen LogP contribution in [0.4, 0.5) is 5.13 Å². The normalized spacial score (nSPS) is 17.3. The number of amides is 1. The number of sulfonamides is 1. The Kier molecular flexibility index (Phi) is 4.45. The van der Waals surface area contributed by atoms with E-state index in [0.717, 1.165) is 37.3 Å². The smallest absolute Gasteiger partial charge is 0.267 e. The van der Waals surface area contributed by atoms with Crippen molar-refractivity contribution in [2.75, 3.05) is 25.0 Å². The quantitative estimate of drug-likeness (QED) is 0.731. The Morgan fingerprint density at radius 1 is 1.32 bits per heavy atom. The number of nitrogens with two attached hydrogens (primary N) is 1. The van der Waals surface area contributed by atoms with Gasteiger partial charge < -0.3 is 0 Å². The van der Waals surface area contributed by atoms with Crippen LogP contribution in [-0.4, -0.2) is 49.1 Å². The Labute approximate surface area is 115 Å². The minimum atomic E-state index is -3.86. The van der Waals surface area contributed by atoms with Gasteiger partial charge in [0.2, 0.25) is 15.4 Å². The summed E-state index contributed by atoms with van der Waals surface area (Å²) in [5.41, 5.74) is 0. The van der Waals surface area contributed by atoms with E-state index in [1.54, 1.807) is 0 Å². The largest absolute Gasteiger partial charge is 0.299 e. The minimum Gasteiger partial charge on any atom is -0.299 e. The van der Waals surface area contributed by atoms with Crippen LogP contribution in [0.25, 0.3) is 0 Å². The molecule has 1 aliphatic heterocycles. The average Bonchev–Trinajstić information content (AvgIpc) is 2.78. The summed E-state index contributed by atoms with van der Waals surface area (Å²) in [6.45, 7) is 2.10. The van der Waals surface area contributed by atoms with Gasteiger partial charge >= 0.3 is 0 Å². The van der Waals surface area contributed by atoms with E-state index in [-0.39, 0.29) is 21.9 Å². The van der Waals surface area contributed by atoms with Crippen molar-refractivity contribution >= 4 is 32.4 Å². The van der Waals surface area contributed by atoms with E-state index in [4.69, 9.17) is 5.14 Å². The predicted octanol–water partition coefficient (Wildman–Crippen LogP) is -0.390. The Morgan fingerprint density at radius 3 is 2.58 bits per heavy atom. The Morgan fingerprint density at radius 2 is 2.00 bits per heavy atom. The van der Waals surface area contributed by atoms with E-state index in [1.165, 1.54) is 6.42 Å². The van der Waals surface area contributed by atoms with Crippen molar-refractivity contribution in [3.63, 3.8) is 0 Å². The number of rotatable bonds is 4. The molecule has 1 aromatic heterocycles. The molecule has 10 heteroatoms. The van der Waals surface area contributed by atoms with Crippen molar-refractivity contribution in [3.8, 4) is 0 Å². The molecule has 0 aromatic carbocycles. The first kappa shape index (κ1) is 14.3. The van der Waals surface area contributed by atoms with Crippen LogP contribution in [0.3, 0.4) is 0 Å². The fourth-order valence-electron chi connectivity index (χ4n) is 1.85. The van der Waals surface area contributed by atoms with E-state index < -0.39 is 10.0 Å². The summed E-state index contributed by atoms with van der Waals surface area (Å²) in [5.74, 6) is -0.223. The third kappa shape index (κ3) is 4.20. The third-order valence-corrected chi connectivity index (χ3v) is 4.86. The van der Waals surface area contributed by atoms with Gasteiger partial charge in [0, 0.05) is 0 Å². The van der Waals surface area contributed by atoms with E-state index in [2.05, 4.69) is 20.4 Å². The molecular formula is C9H15N5O3S2. The summed E-state index contributed by atoms with van der Waals surface area (Å²) in [6.07, 6.45) is 3.40. The van der Waals surface area contributed by atoms with Gasteiger partial charge in [0.05, 0.1) is 6.54 Å². The van der Waals surface area contributed by atoms with Gasteiger partial charge in [-0.05, 0) is 25.9 Å². The number of primary sulfonamides is 1. The van der Waals surface area contributed by atoms with Crippen molar-refractivity contribution in [2.45, 2.75) is 23.6 Å². The molecule has 0 bridgehead atoms. The van der Waals surface area contributed by atoms with E-state index in [1.807, 2.05) is 0 Å². The number of hydrogen-bond acceptors (Lipinski definition) is 7. The summed E-state index contributed by atoms with van der Waals surface area (Å²) in [6, 6.07) is 0. The number of hydrogen-bond donors (Lipinski definition) is 2. The third-order valence-electron chi connectivity index (χ3n) is 2.71. The van der Waals surface area contributed by atoms with Crippen LogP contribution >= 0.6 is 11.3 Å². The van der Waals surface area contributed by atoms with Crippen LogP contribution in [-0.2, 0) is 14.8 Å². The number of piperidine rings is 1. The molecule has 0 saturated carbocycles. The molecule has 1 fully saturated rings. The highest BCUT2D eigenvalue weighted by Crippen LogP contribution is 2.18. The molecule has 8 nitrogen and oxygen atoms in total. The van der Waals surface area contributed by atoms with Gasteiger partial charge in [0.25, 0.3) is 10.0 Å². The Balaban J connectivity index is 1.90. The highest BCUT2D eigenvalue weighted by Gasteiger charge is 2.18. The first-order valence-corrected chi connectivity index (χ1v) is 8.20. The topological polar surface area (TPSA) is 118 Å². The number of carbonyl (C=O) groups is 1. The zero-order valence-electron chi connectivity index (χ0n) is 10.2. The van der Waals surface area contributed by atoms with E-state index in [0.29, 0.717) is 0 Å². The van der Waals surface area contributed by atoms with Crippen LogP contribution in [0.5, 0.6) is 0 Å². The number of aromatic nitrogens is 2. The standard InChI is InChI=1S/C9H15N5O3S2/c10-19(16,17)9-13-12-8(18-9)11-7(15)6-14-4-2-1-3-5-14/h1-6H2,(H2,10,16,17)(H,11,12,15). The summed E-state index contributed by atoms with van der Waals surface area (Å²) >= 11 is 0.745. The average molecular weight is 305 g/mol. The molecular weight excluding hydrogens is 290 g/mol. The van der Waals surface area contributed by atoms with Crippen molar-refractivity contribution in [2.24, 2.45) is 5.14 Å². The second kappa shape index (κ2) is 5.90. The second-order valence-corrected chi connectivity index (χ2v) is 7.02. The lowest BCUT2D eigenvalue weighted by molar-refractivity contribution is -0.117. The lowest BCUT2D eigenvalue weighted by Crippen LogP contribution is -2.36. The molecule has 1 amide bonds. The SMILES string of the molecule is NS(=O)(=O)c1nnc(NC(=O)CN2CCCCC2)s1. The van der Waals surface area contributed by atoms with Gasteiger partial charge in [0.1, 0.15) is 0 Å². The summed E-state index contributed by atoms with van der Waals surface area (Å²) in [7, 11) is -3.86. The van der Waals surface area contributed by atoms with Crippen LogP contribution in [0.15, 0.2) is 4.34 Å². The lowest BCUT2D eigenvalue weighted by Gasteiger charge is -2.25. The van der Waals surface area contributed by atoms with Crippen LogP contribution < -0.4 is 10.5 Å². The Hall–Kier alpha value is -1.10. The van der Waals surface area contributed by atoms with E-state index >= 15 is 0 Å². The maximum atomic E-state index is 11.7. The predicted molar refractivity (Wildman–Crippen MR) is 70.2 cm³/mol. The summed E-state index contributed by atoms with van der Waals surface area (Å²) < 4.78 is 21.7. The highest BCUT2D eigenvalue weighted by atomic mass is 32.2. The molecule has 0 spiro atoms. The molecule has 106 valence electrons. The number of nitrogens with zero attached hydrogens (tertiary/aromatic N) is 3. The molecule has 0 atom stereocenters. The van der Waals surface area contributed by atoms with Crippen molar-refractivity contribution in [1.82, 2.24) is 15.1 Å². The zero-order valence-corrected chi connectivity index (χ0v) is 11.8. The van der Waals surface area contributed by atoms with E-state index in [9.17, 15) is 13.2 Å². The first-order valence-electron chi connectivity index (χ1n) is 5.83. The number of anilines is 1. The molecule has 3 N–H and O–H groups in total. The van der Waals surface area contributed by atoms with Crippen LogP contribution in [0, 0.1) is 0 Å². The number of likely N-dealkylation sites (tertiary alicyclic amines) is 1. The highest BCUT2D eigenvalue weighted by molar-refractivity contribution is 7.91. The van der Waals surface area contributed by atoms with Crippen molar-refractivity contribution < 1.29 is 13.2 Å². The zero-order chi connectivity index (χ0) is 13.9. The number of carbonyl (C=O) groups excluding carboxylic acids is 1. The molecule has 0 radical (unpaired) electrons. The van der Waals surface area contributed by atoms with Gasteiger partial charge in [-0.25, -0.2) is 13.6 Å². The van der Waals surface area contributed by atoms with Gasteiger partial charge in [-0.2, -0.15) is 0 Å². The maximum Gasteiger partial charge on any atom is 0.267 e. The molecule has 0 unspecified atom stereocenters. The lowest BCUT2D eigenvalue weighted by atomic mass is 10.1. The molecule has 19 heavy (non-hydrogen) atoms. The molecule has 1 aliphatic rings. The van der Waals surface area contributed by atoms with Gasteiger partial charge in [0.15, 0.2) is 0 Å². The fraction of sp³-hybridized carbons (Fsp3) is 0.667. The fourth-order valence-corrected chi connectivity index (χ4v) is 3.20. The molecule has 1 aromatic rings. The second-order valence-electron chi connectivity index (χ2n) is 4.30. The van der Waals surface area contributed by atoms with Crippen LogP contribution in [0.2, 0.25) is 0 Å².